The second-order valence-electron chi connectivity index (χ2n) is 5.75. The lowest BCUT2D eigenvalue weighted by Gasteiger charge is -2.12. The fourth-order valence-corrected chi connectivity index (χ4v) is 3.96. The molecule has 0 aliphatic heterocycles. The van der Waals surface area contributed by atoms with Crippen LogP contribution in [0.5, 0.6) is 5.75 Å². The smallest absolute Gasteiger partial charge is 0.281 e. The number of halogens is 1. The van der Waals surface area contributed by atoms with Gasteiger partial charge in [-0.05, 0) is 31.0 Å². The molecule has 134 valence electrons. The largest absolute Gasteiger partial charge is 0.483 e. The maximum atomic E-state index is 12.3. The van der Waals surface area contributed by atoms with Crippen LogP contribution >= 0.6 is 22.9 Å². The highest BCUT2D eigenvalue weighted by molar-refractivity contribution is 7.21. The number of benzene rings is 2. The van der Waals surface area contributed by atoms with Gasteiger partial charge in [-0.15, -0.1) is 11.3 Å². The molecule has 2 aromatic carbocycles. The van der Waals surface area contributed by atoms with Gasteiger partial charge in [0.2, 0.25) is 0 Å². The number of aryl methyl sites for hydroxylation is 2. The van der Waals surface area contributed by atoms with Crippen LogP contribution < -0.4 is 15.6 Å². The highest BCUT2D eigenvalue weighted by atomic mass is 35.5. The summed E-state index contributed by atoms with van der Waals surface area (Å²) in [5, 5.41) is 1.19. The van der Waals surface area contributed by atoms with E-state index in [0.29, 0.717) is 15.6 Å². The molecule has 0 fully saturated rings. The Morgan fingerprint density at radius 2 is 1.73 bits per heavy atom. The maximum Gasteiger partial charge on any atom is 0.281 e. The Balaban J connectivity index is 1.58. The summed E-state index contributed by atoms with van der Waals surface area (Å²) < 4.78 is 6.46. The topological polar surface area (TPSA) is 67.4 Å². The number of rotatable bonds is 4. The van der Waals surface area contributed by atoms with Crippen LogP contribution in [-0.4, -0.2) is 18.4 Å². The van der Waals surface area contributed by atoms with Gasteiger partial charge in [-0.3, -0.25) is 20.4 Å². The number of fused-ring (bicyclic) bond motifs is 1. The van der Waals surface area contributed by atoms with E-state index in [1.807, 2.05) is 56.3 Å². The van der Waals surface area contributed by atoms with E-state index in [0.717, 1.165) is 21.2 Å². The first kappa shape index (κ1) is 18.2. The van der Waals surface area contributed by atoms with E-state index < -0.39 is 11.8 Å². The van der Waals surface area contributed by atoms with Crippen LogP contribution in [0.25, 0.3) is 10.1 Å². The number of hydrazine groups is 1. The summed E-state index contributed by atoms with van der Waals surface area (Å²) in [6.45, 7) is 3.61. The maximum absolute atomic E-state index is 12.3. The van der Waals surface area contributed by atoms with Crippen LogP contribution in [0.4, 0.5) is 0 Å². The molecule has 5 nitrogen and oxygen atoms in total. The molecular formula is C19H17ClN2O3S. The summed E-state index contributed by atoms with van der Waals surface area (Å²) in [4.78, 5) is 24.6. The van der Waals surface area contributed by atoms with Crippen LogP contribution in [0.3, 0.4) is 0 Å². The van der Waals surface area contributed by atoms with Gasteiger partial charge in [-0.25, -0.2) is 0 Å². The Kier molecular flexibility index (Phi) is 5.44. The third kappa shape index (κ3) is 3.81. The molecule has 3 aromatic rings. The highest BCUT2D eigenvalue weighted by Crippen LogP contribution is 2.34. The van der Waals surface area contributed by atoms with Crippen molar-refractivity contribution >= 4 is 44.8 Å². The van der Waals surface area contributed by atoms with Gasteiger partial charge in [-0.1, -0.05) is 48.0 Å². The van der Waals surface area contributed by atoms with Crippen molar-refractivity contribution in [2.75, 3.05) is 6.61 Å². The monoisotopic (exact) mass is 388 g/mol. The molecule has 0 saturated heterocycles. The number of nitrogens with one attached hydrogen (secondary N) is 2. The lowest BCUT2D eigenvalue weighted by atomic mass is 10.1. The van der Waals surface area contributed by atoms with Gasteiger partial charge in [0.05, 0.1) is 5.02 Å². The molecule has 2 N–H and O–H groups in total. The molecule has 0 aliphatic carbocycles. The average molecular weight is 389 g/mol. The van der Waals surface area contributed by atoms with Gasteiger partial charge in [0.15, 0.2) is 6.61 Å². The molecule has 0 atom stereocenters. The van der Waals surface area contributed by atoms with E-state index in [1.165, 1.54) is 11.3 Å². The van der Waals surface area contributed by atoms with Crippen LogP contribution in [0.1, 0.15) is 20.8 Å². The molecule has 2 amide bonds. The molecule has 0 radical (unpaired) electrons. The first-order valence-corrected chi connectivity index (χ1v) is 9.12. The van der Waals surface area contributed by atoms with Crippen molar-refractivity contribution < 1.29 is 14.3 Å². The van der Waals surface area contributed by atoms with Gasteiger partial charge in [0, 0.05) is 10.1 Å². The van der Waals surface area contributed by atoms with E-state index in [4.69, 9.17) is 16.3 Å². The van der Waals surface area contributed by atoms with Crippen LogP contribution in [-0.2, 0) is 4.79 Å². The first-order valence-electron chi connectivity index (χ1n) is 7.92. The molecule has 0 bridgehead atoms. The zero-order valence-corrected chi connectivity index (χ0v) is 15.8. The lowest BCUT2D eigenvalue weighted by molar-refractivity contribution is -0.123. The summed E-state index contributed by atoms with van der Waals surface area (Å²) in [6, 6.07) is 13.2. The van der Waals surface area contributed by atoms with Gasteiger partial charge < -0.3 is 4.74 Å². The number of carbonyl (C=O) groups is 2. The number of hydrogen-bond acceptors (Lipinski definition) is 4. The van der Waals surface area contributed by atoms with Crippen molar-refractivity contribution in [2.24, 2.45) is 0 Å². The predicted octanol–water partition coefficient (Wildman–Crippen LogP) is 4.01. The molecule has 3 rings (SSSR count). The number of para-hydroxylation sites is 1. The second-order valence-corrected chi connectivity index (χ2v) is 7.18. The zero-order valence-electron chi connectivity index (χ0n) is 14.3. The second kappa shape index (κ2) is 7.76. The van der Waals surface area contributed by atoms with E-state index in [-0.39, 0.29) is 6.61 Å². The Hall–Kier alpha value is -2.57. The van der Waals surface area contributed by atoms with Crippen molar-refractivity contribution in [2.45, 2.75) is 13.8 Å². The van der Waals surface area contributed by atoms with Crippen molar-refractivity contribution in [3.05, 3.63) is 63.5 Å². The number of ether oxygens (including phenoxy) is 1. The zero-order chi connectivity index (χ0) is 18.7. The summed E-state index contributed by atoms with van der Waals surface area (Å²) >= 11 is 7.53. The number of thiophene rings is 1. The van der Waals surface area contributed by atoms with E-state index in [9.17, 15) is 9.59 Å². The van der Waals surface area contributed by atoms with Crippen LogP contribution in [0.15, 0.2) is 42.5 Å². The molecule has 26 heavy (non-hydrogen) atoms. The first-order chi connectivity index (χ1) is 12.5. The number of carbonyl (C=O) groups excluding carboxylic acids is 2. The van der Waals surface area contributed by atoms with Gasteiger partial charge in [0.25, 0.3) is 11.8 Å². The molecule has 0 saturated carbocycles. The Bertz CT molecular complexity index is 964. The average Bonchev–Trinajstić information content (AvgIpc) is 2.96. The Labute approximate surface area is 159 Å². The fraction of sp³-hybridized carbons (Fsp3) is 0.158. The minimum atomic E-state index is -0.461. The van der Waals surface area contributed by atoms with Crippen LogP contribution in [0.2, 0.25) is 5.02 Å². The normalized spacial score (nSPS) is 10.6. The number of amides is 2. The van der Waals surface area contributed by atoms with Crippen molar-refractivity contribution in [1.29, 1.82) is 0 Å². The highest BCUT2D eigenvalue weighted by Gasteiger charge is 2.17. The van der Waals surface area contributed by atoms with Gasteiger partial charge >= 0.3 is 0 Å². The Morgan fingerprint density at radius 3 is 2.42 bits per heavy atom. The minimum Gasteiger partial charge on any atom is -0.483 e. The lowest BCUT2D eigenvalue weighted by Crippen LogP contribution is -2.43. The standard InChI is InChI=1S/C19H17ClN2O3S/c1-11-6-5-7-12(2)17(11)25-10-15(23)21-22-19(24)18-16(20)13-8-3-4-9-14(13)26-18/h3-9H,10H2,1-2H3,(H,21,23)(H,22,24). The fourth-order valence-electron chi connectivity index (χ4n) is 2.54. The molecule has 0 aliphatic rings. The van der Waals surface area contributed by atoms with E-state index in [2.05, 4.69) is 10.9 Å². The van der Waals surface area contributed by atoms with Crippen molar-refractivity contribution in [3.63, 3.8) is 0 Å². The molecule has 1 heterocycles. The summed E-state index contributed by atoms with van der Waals surface area (Å²) in [7, 11) is 0. The molecule has 0 unspecified atom stereocenters. The summed E-state index contributed by atoms with van der Waals surface area (Å²) in [5.41, 5.74) is 6.61. The van der Waals surface area contributed by atoms with Crippen LogP contribution in [0, 0.1) is 13.8 Å². The van der Waals surface area contributed by atoms with Crippen molar-refractivity contribution in [3.8, 4) is 5.75 Å². The third-order valence-electron chi connectivity index (χ3n) is 3.81. The van der Waals surface area contributed by atoms with E-state index >= 15 is 0 Å². The molecular weight excluding hydrogens is 372 g/mol. The molecule has 7 heteroatoms. The molecule has 0 spiro atoms. The molecule has 1 aromatic heterocycles. The SMILES string of the molecule is Cc1cccc(C)c1OCC(=O)NNC(=O)c1sc2ccccc2c1Cl. The van der Waals surface area contributed by atoms with Crippen molar-refractivity contribution in [1.82, 2.24) is 10.9 Å². The summed E-state index contributed by atoms with van der Waals surface area (Å²) in [5.74, 6) is -0.253. The van der Waals surface area contributed by atoms with Gasteiger partial charge in [0.1, 0.15) is 10.6 Å². The minimum absolute atomic E-state index is 0.202. The Morgan fingerprint density at radius 1 is 1.04 bits per heavy atom. The third-order valence-corrected chi connectivity index (χ3v) is 5.49. The van der Waals surface area contributed by atoms with Gasteiger partial charge in [-0.2, -0.15) is 0 Å². The summed E-state index contributed by atoms with van der Waals surface area (Å²) in [6.07, 6.45) is 0. The predicted molar refractivity (Wildman–Crippen MR) is 104 cm³/mol. The quantitative estimate of drug-likeness (QED) is 0.663. The van der Waals surface area contributed by atoms with E-state index in [1.54, 1.807) is 0 Å². The number of hydrogen-bond donors (Lipinski definition) is 2.